The number of aromatic nitrogens is 3. The Morgan fingerprint density at radius 2 is 2.29 bits per heavy atom. The van der Waals surface area contributed by atoms with Crippen molar-refractivity contribution in [3.05, 3.63) is 47.5 Å². The Bertz CT molecular complexity index is 700. The minimum Gasteiger partial charge on any atom is -0.396 e. The van der Waals surface area contributed by atoms with Gasteiger partial charge in [-0.3, -0.25) is 19.4 Å². The molecule has 2 atom stereocenters. The van der Waals surface area contributed by atoms with E-state index in [0.29, 0.717) is 12.1 Å². The van der Waals surface area contributed by atoms with E-state index in [4.69, 9.17) is 0 Å². The summed E-state index contributed by atoms with van der Waals surface area (Å²) < 4.78 is 1.81. The second kappa shape index (κ2) is 7.11. The first kappa shape index (κ1) is 16.6. The largest absolute Gasteiger partial charge is 0.396 e. The molecule has 0 radical (unpaired) electrons. The summed E-state index contributed by atoms with van der Waals surface area (Å²) in [5.74, 6) is -0.117. The number of likely N-dealkylation sites (tertiary alicyclic amines) is 1. The van der Waals surface area contributed by atoms with Crippen LogP contribution in [-0.4, -0.2) is 56.4 Å². The number of nitrogens with zero attached hydrogens (tertiary/aromatic N) is 4. The van der Waals surface area contributed by atoms with Gasteiger partial charge in [0.2, 0.25) is 0 Å². The molecule has 1 aliphatic heterocycles. The molecule has 0 aromatic carbocycles. The van der Waals surface area contributed by atoms with Crippen molar-refractivity contribution in [1.29, 1.82) is 0 Å². The van der Waals surface area contributed by atoms with Crippen molar-refractivity contribution in [2.24, 2.45) is 13.0 Å². The van der Waals surface area contributed by atoms with E-state index in [1.54, 1.807) is 24.5 Å². The lowest BCUT2D eigenvalue weighted by Crippen LogP contribution is -2.41. The molecule has 1 fully saturated rings. The molecule has 1 saturated heterocycles. The van der Waals surface area contributed by atoms with Gasteiger partial charge < -0.3 is 10.4 Å². The quantitative estimate of drug-likeness (QED) is 0.827. The minimum absolute atomic E-state index is 0.0302. The van der Waals surface area contributed by atoms with Gasteiger partial charge in [-0.25, -0.2) is 0 Å². The molecule has 0 saturated carbocycles. The van der Waals surface area contributed by atoms with Crippen molar-refractivity contribution in [3.8, 4) is 0 Å². The molecule has 2 aromatic heterocycles. The lowest BCUT2D eigenvalue weighted by molar-refractivity contribution is 0.0920. The molecule has 1 aliphatic rings. The van der Waals surface area contributed by atoms with Gasteiger partial charge in [0.05, 0.1) is 11.3 Å². The molecule has 128 valence electrons. The Labute approximate surface area is 141 Å². The number of aliphatic hydroxyl groups is 1. The number of carbonyl (C=O) groups is 1. The van der Waals surface area contributed by atoms with Gasteiger partial charge in [-0.05, 0) is 19.1 Å². The van der Waals surface area contributed by atoms with Gasteiger partial charge in [-0.1, -0.05) is 0 Å². The van der Waals surface area contributed by atoms with E-state index in [1.807, 2.05) is 24.9 Å². The number of hydrogen-bond donors (Lipinski definition) is 2. The molecule has 3 heterocycles. The fourth-order valence-corrected chi connectivity index (χ4v) is 3.23. The number of rotatable bonds is 5. The van der Waals surface area contributed by atoms with Gasteiger partial charge in [0.15, 0.2) is 0 Å². The molecule has 0 spiro atoms. The maximum atomic E-state index is 12.3. The topological polar surface area (TPSA) is 83.3 Å². The Morgan fingerprint density at radius 3 is 2.92 bits per heavy atom. The molecule has 24 heavy (non-hydrogen) atoms. The summed E-state index contributed by atoms with van der Waals surface area (Å²) >= 11 is 0. The lowest BCUT2D eigenvalue weighted by atomic mass is 10.0. The van der Waals surface area contributed by atoms with Gasteiger partial charge in [0.25, 0.3) is 5.91 Å². The molecule has 7 nitrogen and oxygen atoms in total. The van der Waals surface area contributed by atoms with Crippen LogP contribution >= 0.6 is 0 Å². The lowest BCUT2D eigenvalue weighted by Gasteiger charge is -2.18. The zero-order valence-electron chi connectivity index (χ0n) is 14.0. The number of carbonyl (C=O) groups excluding carboxylic acids is 1. The fourth-order valence-electron chi connectivity index (χ4n) is 3.23. The average molecular weight is 329 g/mol. The van der Waals surface area contributed by atoms with Gasteiger partial charge in [0.1, 0.15) is 0 Å². The maximum absolute atomic E-state index is 12.3. The van der Waals surface area contributed by atoms with Crippen LogP contribution in [0.1, 0.15) is 21.6 Å². The van der Waals surface area contributed by atoms with Crippen LogP contribution in [0.3, 0.4) is 0 Å². The third-order valence-corrected chi connectivity index (χ3v) is 4.50. The van der Waals surface area contributed by atoms with Crippen molar-refractivity contribution < 1.29 is 9.90 Å². The first-order chi connectivity index (χ1) is 11.6. The zero-order chi connectivity index (χ0) is 17.1. The number of amides is 1. The first-order valence-corrected chi connectivity index (χ1v) is 8.10. The van der Waals surface area contributed by atoms with Crippen LogP contribution in [0.15, 0.2) is 30.7 Å². The van der Waals surface area contributed by atoms with Crippen molar-refractivity contribution in [3.63, 3.8) is 0 Å². The average Bonchev–Trinajstić information content (AvgIpc) is 3.10. The van der Waals surface area contributed by atoms with Crippen molar-refractivity contribution in [1.82, 2.24) is 25.0 Å². The summed E-state index contributed by atoms with van der Waals surface area (Å²) in [6.07, 6.45) is 5.21. The van der Waals surface area contributed by atoms with Gasteiger partial charge in [-0.2, -0.15) is 5.10 Å². The molecule has 3 rings (SSSR count). The summed E-state index contributed by atoms with van der Waals surface area (Å²) in [6.45, 7) is 4.29. The van der Waals surface area contributed by atoms with Crippen LogP contribution in [0.2, 0.25) is 0 Å². The van der Waals surface area contributed by atoms with Crippen molar-refractivity contribution in [2.45, 2.75) is 19.5 Å². The van der Waals surface area contributed by atoms with E-state index < -0.39 is 0 Å². The van der Waals surface area contributed by atoms with Crippen LogP contribution in [-0.2, 0) is 13.6 Å². The van der Waals surface area contributed by atoms with Crippen molar-refractivity contribution in [2.75, 3.05) is 19.7 Å². The maximum Gasteiger partial charge on any atom is 0.253 e. The SMILES string of the molecule is Cc1nn(C)cc1CN1C[C@@H](CO)[C@H](NC(=O)c2cccnc2)C1. The van der Waals surface area contributed by atoms with Gasteiger partial charge in [0, 0.05) is 69.4 Å². The summed E-state index contributed by atoms with van der Waals surface area (Å²) in [7, 11) is 1.91. The van der Waals surface area contributed by atoms with Crippen LogP contribution in [0.4, 0.5) is 0 Å². The molecule has 2 N–H and O–H groups in total. The first-order valence-electron chi connectivity index (χ1n) is 8.10. The monoisotopic (exact) mass is 329 g/mol. The highest BCUT2D eigenvalue weighted by molar-refractivity contribution is 5.94. The van der Waals surface area contributed by atoms with E-state index in [1.165, 1.54) is 5.56 Å². The van der Waals surface area contributed by atoms with E-state index in [0.717, 1.165) is 18.8 Å². The molecule has 0 bridgehead atoms. The highest BCUT2D eigenvalue weighted by Crippen LogP contribution is 2.20. The van der Waals surface area contributed by atoms with Crippen LogP contribution in [0.5, 0.6) is 0 Å². The van der Waals surface area contributed by atoms with Crippen LogP contribution < -0.4 is 5.32 Å². The minimum atomic E-state index is -0.147. The molecule has 7 heteroatoms. The summed E-state index contributed by atoms with van der Waals surface area (Å²) in [5.41, 5.74) is 2.73. The number of nitrogens with one attached hydrogen (secondary N) is 1. The van der Waals surface area contributed by atoms with Gasteiger partial charge in [-0.15, -0.1) is 0 Å². The third-order valence-electron chi connectivity index (χ3n) is 4.50. The van der Waals surface area contributed by atoms with E-state index in [9.17, 15) is 9.90 Å². The number of aryl methyl sites for hydroxylation is 2. The normalized spacial score (nSPS) is 21.1. The Morgan fingerprint density at radius 1 is 1.46 bits per heavy atom. The molecule has 0 aliphatic carbocycles. The number of aliphatic hydroxyl groups excluding tert-OH is 1. The summed E-state index contributed by atoms with van der Waals surface area (Å²) in [4.78, 5) is 18.5. The van der Waals surface area contributed by atoms with Gasteiger partial charge >= 0.3 is 0 Å². The van der Waals surface area contributed by atoms with Crippen molar-refractivity contribution >= 4 is 5.91 Å². The molecule has 2 aromatic rings. The predicted octanol–water partition coefficient (Wildman–Crippen LogP) is 0.346. The highest BCUT2D eigenvalue weighted by Gasteiger charge is 2.33. The Hall–Kier alpha value is -2.25. The molecular formula is C17H23N5O2. The zero-order valence-corrected chi connectivity index (χ0v) is 14.0. The van der Waals surface area contributed by atoms with Crippen LogP contribution in [0.25, 0.3) is 0 Å². The van der Waals surface area contributed by atoms with E-state index in [-0.39, 0.29) is 24.5 Å². The molecule has 1 amide bonds. The van der Waals surface area contributed by atoms with E-state index >= 15 is 0 Å². The Kier molecular flexibility index (Phi) is 4.92. The van der Waals surface area contributed by atoms with E-state index in [2.05, 4.69) is 20.3 Å². The smallest absolute Gasteiger partial charge is 0.253 e. The summed E-state index contributed by atoms with van der Waals surface area (Å²) in [5, 5.41) is 17.0. The molecule has 0 unspecified atom stereocenters. The number of hydrogen-bond acceptors (Lipinski definition) is 5. The standard InChI is InChI=1S/C17H23N5O2/c1-12-14(7-21(2)20-12)8-22-9-15(11-23)16(10-22)19-17(24)13-4-3-5-18-6-13/h3-7,15-16,23H,8-11H2,1-2H3,(H,19,24)/t15-,16+/m0/s1. The molecular weight excluding hydrogens is 306 g/mol. The summed E-state index contributed by atoms with van der Waals surface area (Å²) in [6, 6.07) is 3.41. The second-order valence-electron chi connectivity index (χ2n) is 6.37. The van der Waals surface area contributed by atoms with Crippen LogP contribution in [0, 0.1) is 12.8 Å². The highest BCUT2D eigenvalue weighted by atomic mass is 16.3. The fraction of sp³-hybridized carbons (Fsp3) is 0.471. The predicted molar refractivity (Wildman–Crippen MR) is 89.3 cm³/mol. The second-order valence-corrected chi connectivity index (χ2v) is 6.37. The third kappa shape index (κ3) is 3.63. The number of pyridine rings is 1. The Balaban J connectivity index is 1.64.